The molecule has 0 radical (unpaired) electrons. The molecular formula is C24H29N3O5S. The van der Waals surface area contributed by atoms with Gasteiger partial charge in [0.15, 0.2) is 0 Å². The van der Waals surface area contributed by atoms with E-state index in [2.05, 4.69) is 10.3 Å². The number of hydrogen-bond acceptors (Lipinski definition) is 5. The third-order valence-electron chi connectivity index (χ3n) is 5.60. The van der Waals surface area contributed by atoms with Crippen molar-refractivity contribution in [3.63, 3.8) is 0 Å². The van der Waals surface area contributed by atoms with E-state index in [0.29, 0.717) is 29.7 Å². The molecule has 3 rings (SSSR count). The zero-order valence-corrected chi connectivity index (χ0v) is 20.2. The molecule has 1 unspecified atom stereocenters. The number of aromatic amines is 1. The second-order valence-electron chi connectivity index (χ2n) is 7.78. The van der Waals surface area contributed by atoms with Crippen LogP contribution in [0.4, 0.5) is 0 Å². The summed E-state index contributed by atoms with van der Waals surface area (Å²) in [6.07, 6.45) is 0. The van der Waals surface area contributed by atoms with E-state index in [0.717, 1.165) is 11.1 Å². The summed E-state index contributed by atoms with van der Waals surface area (Å²) in [5.41, 5.74) is 1.84. The maximum Gasteiger partial charge on any atom is 0.252 e. The van der Waals surface area contributed by atoms with Gasteiger partial charge >= 0.3 is 0 Å². The predicted molar refractivity (Wildman–Crippen MR) is 128 cm³/mol. The molecule has 33 heavy (non-hydrogen) atoms. The highest BCUT2D eigenvalue weighted by molar-refractivity contribution is 7.89. The van der Waals surface area contributed by atoms with Crippen LogP contribution in [0.5, 0.6) is 5.75 Å². The number of rotatable bonds is 8. The summed E-state index contributed by atoms with van der Waals surface area (Å²) in [5, 5.41) is 3.26. The SMILES string of the molecule is CCN(CC)S(=O)(=O)c1ccc2[nH]c(=O)cc(C(=O)NC(C)c3cc(C)ccc3OC)c2c1. The van der Waals surface area contributed by atoms with Crippen LogP contribution in [0.15, 0.2) is 52.2 Å². The number of hydrogen-bond donors (Lipinski definition) is 2. The van der Waals surface area contributed by atoms with Gasteiger partial charge in [-0.15, -0.1) is 0 Å². The van der Waals surface area contributed by atoms with Crippen LogP contribution in [0, 0.1) is 6.92 Å². The Morgan fingerprint density at radius 3 is 2.45 bits per heavy atom. The zero-order chi connectivity index (χ0) is 24.3. The van der Waals surface area contributed by atoms with Crippen molar-refractivity contribution >= 4 is 26.8 Å². The first-order valence-corrected chi connectivity index (χ1v) is 12.2. The average molecular weight is 472 g/mol. The van der Waals surface area contributed by atoms with Crippen molar-refractivity contribution in [2.24, 2.45) is 0 Å². The lowest BCUT2D eigenvalue weighted by Crippen LogP contribution is -2.31. The van der Waals surface area contributed by atoms with E-state index in [4.69, 9.17) is 4.74 Å². The molecule has 2 aromatic carbocycles. The molecule has 0 fully saturated rings. The zero-order valence-electron chi connectivity index (χ0n) is 19.4. The Bertz CT molecular complexity index is 1340. The number of amides is 1. The number of fused-ring (bicyclic) bond motifs is 1. The maximum atomic E-state index is 13.2. The fourth-order valence-corrected chi connectivity index (χ4v) is 5.32. The number of pyridine rings is 1. The number of nitrogens with zero attached hydrogens (tertiary/aromatic N) is 1. The molecular weight excluding hydrogens is 442 g/mol. The van der Waals surface area contributed by atoms with E-state index in [-0.39, 0.29) is 10.5 Å². The van der Waals surface area contributed by atoms with E-state index in [9.17, 15) is 18.0 Å². The van der Waals surface area contributed by atoms with Gasteiger partial charge in [-0.2, -0.15) is 4.31 Å². The van der Waals surface area contributed by atoms with Crippen molar-refractivity contribution in [2.75, 3.05) is 20.2 Å². The lowest BCUT2D eigenvalue weighted by molar-refractivity contribution is 0.0941. The van der Waals surface area contributed by atoms with Gasteiger partial charge in [-0.25, -0.2) is 8.42 Å². The fraction of sp³-hybridized carbons (Fsp3) is 0.333. The minimum absolute atomic E-state index is 0.0631. The fourth-order valence-electron chi connectivity index (χ4n) is 3.84. The third kappa shape index (κ3) is 4.94. The quantitative estimate of drug-likeness (QED) is 0.524. The predicted octanol–water partition coefficient (Wildman–Crippen LogP) is 3.37. The number of benzene rings is 2. The molecule has 0 saturated carbocycles. The largest absolute Gasteiger partial charge is 0.496 e. The molecule has 0 aliphatic carbocycles. The molecule has 2 N–H and O–H groups in total. The summed E-state index contributed by atoms with van der Waals surface area (Å²) in [6.45, 7) is 7.94. The smallest absolute Gasteiger partial charge is 0.252 e. The molecule has 0 aliphatic heterocycles. The van der Waals surface area contributed by atoms with Crippen LogP contribution in [-0.2, 0) is 10.0 Å². The van der Waals surface area contributed by atoms with E-state index in [1.54, 1.807) is 21.0 Å². The number of ether oxygens (including phenoxy) is 1. The summed E-state index contributed by atoms with van der Waals surface area (Å²) in [5.74, 6) is 0.149. The number of methoxy groups -OCH3 is 1. The van der Waals surface area contributed by atoms with Crippen LogP contribution in [0.2, 0.25) is 0 Å². The van der Waals surface area contributed by atoms with Gasteiger partial charge in [0.2, 0.25) is 15.6 Å². The highest BCUT2D eigenvalue weighted by Gasteiger charge is 2.24. The van der Waals surface area contributed by atoms with Crippen molar-refractivity contribution < 1.29 is 17.9 Å². The Morgan fingerprint density at radius 2 is 1.82 bits per heavy atom. The molecule has 0 spiro atoms. The highest BCUT2D eigenvalue weighted by atomic mass is 32.2. The van der Waals surface area contributed by atoms with Crippen molar-refractivity contribution in [1.29, 1.82) is 0 Å². The van der Waals surface area contributed by atoms with Gasteiger partial charge in [-0.05, 0) is 38.1 Å². The number of nitrogens with one attached hydrogen (secondary N) is 2. The Morgan fingerprint density at radius 1 is 1.12 bits per heavy atom. The van der Waals surface area contributed by atoms with Gasteiger partial charge in [0.1, 0.15) is 5.75 Å². The maximum absolute atomic E-state index is 13.2. The summed E-state index contributed by atoms with van der Waals surface area (Å²) < 4.78 is 32.7. The molecule has 176 valence electrons. The minimum atomic E-state index is -3.73. The van der Waals surface area contributed by atoms with Gasteiger partial charge in [0.05, 0.1) is 23.6 Å². The van der Waals surface area contributed by atoms with Crippen molar-refractivity contribution in [3.8, 4) is 5.75 Å². The number of H-pyrrole nitrogens is 1. The lowest BCUT2D eigenvalue weighted by Gasteiger charge is -2.20. The Labute approximate surface area is 193 Å². The van der Waals surface area contributed by atoms with E-state index >= 15 is 0 Å². The van der Waals surface area contributed by atoms with Gasteiger partial charge < -0.3 is 15.0 Å². The first kappa shape index (κ1) is 24.5. The lowest BCUT2D eigenvalue weighted by atomic mass is 10.0. The van der Waals surface area contributed by atoms with E-state index in [1.165, 1.54) is 28.6 Å². The molecule has 1 atom stereocenters. The molecule has 1 heterocycles. The van der Waals surface area contributed by atoms with Crippen molar-refractivity contribution in [3.05, 3.63) is 69.5 Å². The monoisotopic (exact) mass is 471 g/mol. The second-order valence-corrected chi connectivity index (χ2v) is 9.72. The number of carbonyl (C=O) groups excluding carboxylic acids is 1. The Balaban J connectivity index is 2.06. The number of aromatic nitrogens is 1. The van der Waals surface area contributed by atoms with E-state index in [1.807, 2.05) is 32.0 Å². The Kier molecular flexibility index (Phi) is 7.24. The summed E-state index contributed by atoms with van der Waals surface area (Å²) >= 11 is 0. The number of carbonyl (C=O) groups is 1. The molecule has 1 aromatic heterocycles. The van der Waals surface area contributed by atoms with Gasteiger partial charge in [0, 0.05) is 35.6 Å². The summed E-state index contributed by atoms with van der Waals surface area (Å²) in [7, 11) is -2.17. The standard InChI is InChI=1S/C24H29N3O5S/c1-6-27(7-2)33(30,31)17-9-10-21-19(13-17)20(14-23(28)26-21)24(29)25-16(4)18-12-15(3)8-11-22(18)32-5/h8-14,16H,6-7H2,1-5H3,(H,25,29)(H,26,28). The van der Waals surface area contributed by atoms with Crippen molar-refractivity contribution in [1.82, 2.24) is 14.6 Å². The molecule has 0 aliphatic rings. The molecule has 0 saturated heterocycles. The second kappa shape index (κ2) is 9.76. The van der Waals surface area contributed by atoms with Gasteiger partial charge in [0.25, 0.3) is 5.91 Å². The first-order chi connectivity index (χ1) is 15.6. The normalized spacial score (nSPS) is 12.7. The van der Waals surface area contributed by atoms with Crippen LogP contribution < -0.4 is 15.6 Å². The van der Waals surface area contributed by atoms with Crippen molar-refractivity contribution in [2.45, 2.75) is 38.6 Å². The molecule has 0 bridgehead atoms. The van der Waals surface area contributed by atoms with Gasteiger partial charge in [-0.3, -0.25) is 9.59 Å². The average Bonchev–Trinajstić information content (AvgIpc) is 2.78. The van der Waals surface area contributed by atoms with Crippen LogP contribution in [0.1, 0.15) is 48.3 Å². The first-order valence-electron chi connectivity index (χ1n) is 10.7. The van der Waals surface area contributed by atoms with Gasteiger partial charge in [-0.1, -0.05) is 31.5 Å². The number of sulfonamides is 1. The van der Waals surface area contributed by atoms with E-state index < -0.39 is 27.5 Å². The third-order valence-corrected chi connectivity index (χ3v) is 7.65. The van der Waals surface area contributed by atoms with Crippen LogP contribution >= 0.6 is 0 Å². The molecule has 3 aromatic rings. The minimum Gasteiger partial charge on any atom is -0.496 e. The molecule has 1 amide bonds. The molecule has 8 nitrogen and oxygen atoms in total. The summed E-state index contributed by atoms with van der Waals surface area (Å²) in [6, 6.07) is 10.8. The Hall–Kier alpha value is -3.17. The number of aryl methyl sites for hydroxylation is 1. The van der Waals surface area contributed by atoms with Crippen LogP contribution in [-0.4, -0.2) is 43.8 Å². The molecule has 9 heteroatoms. The topological polar surface area (TPSA) is 109 Å². The summed E-state index contributed by atoms with van der Waals surface area (Å²) in [4.78, 5) is 28.2. The van der Waals surface area contributed by atoms with Crippen LogP contribution in [0.3, 0.4) is 0 Å². The highest BCUT2D eigenvalue weighted by Crippen LogP contribution is 2.27. The van der Waals surface area contributed by atoms with Crippen LogP contribution in [0.25, 0.3) is 10.9 Å².